The smallest absolute Gasteiger partial charge is 0.251 e. The molecule has 0 bridgehead atoms. The summed E-state index contributed by atoms with van der Waals surface area (Å²) in [7, 11) is 0. The highest BCUT2D eigenvalue weighted by molar-refractivity contribution is 5.94. The second kappa shape index (κ2) is 9.47. The quantitative estimate of drug-likeness (QED) is 0.649. The van der Waals surface area contributed by atoms with Crippen LogP contribution in [0.5, 0.6) is 0 Å². The van der Waals surface area contributed by atoms with Crippen molar-refractivity contribution in [1.29, 1.82) is 0 Å². The lowest BCUT2D eigenvalue weighted by Crippen LogP contribution is -2.27. The first kappa shape index (κ1) is 17.7. The number of aliphatic hydroxyl groups excluding tert-OH is 1. The number of carbonyl (C=O) groups is 2. The van der Waals surface area contributed by atoms with Gasteiger partial charge in [0, 0.05) is 25.1 Å². The summed E-state index contributed by atoms with van der Waals surface area (Å²) in [6.07, 6.45) is 0.919. The molecular weight excluding hydrogens is 304 g/mol. The van der Waals surface area contributed by atoms with Gasteiger partial charge in [0.15, 0.2) is 0 Å². The zero-order valence-corrected chi connectivity index (χ0v) is 13.5. The van der Waals surface area contributed by atoms with Crippen molar-refractivity contribution in [2.45, 2.75) is 26.0 Å². The van der Waals surface area contributed by atoms with Gasteiger partial charge in [-0.1, -0.05) is 42.5 Å². The summed E-state index contributed by atoms with van der Waals surface area (Å²) in [6, 6.07) is 16.4. The highest BCUT2D eigenvalue weighted by atomic mass is 16.3. The van der Waals surface area contributed by atoms with Crippen molar-refractivity contribution in [1.82, 2.24) is 10.6 Å². The number of hydrogen-bond donors (Lipinski definition) is 3. The normalized spacial score (nSPS) is 10.2. The Kier molecular flexibility index (Phi) is 6.98. The monoisotopic (exact) mass is 326 g/mol. The average molecular weight is 326 g/mol. The molecule has 24 heavy (non-hydrogen) atoms. The Morgan fingerprint density at radius 3 is 2.25 bits per heavy atom. The Labute approximate surface area is 141 Å². The van der Waals surface area contributed by atoms with Gasteiger partial charge in [-0.15, -0.1) is 0 Å². The summed E-state index contributed by atoms with van der Waals surface area (Å²) in [6.45, 7) is 0.803. The van der Waals surface area contributed by atoms with Gasteiger partial charge in [0.2, 0.25) is 5.91 Å². The minimum Gasteiger partial charge on any atom is -0.392 e. The van der Waals surface area contributed by atoms with Crippen molar-refractivity contribution >= 4 is 11.8 Å². The number of aliphatic hydroxyl groups is 1. The van der Waals surface area contributed by atoms with Crippen LogP contribution in [0.25, 0.3) is 0 Å². The molecule has 0 aliphatic rings. The Balaban J connectivity index is 1.66. The summed E-state index contributed by atoms with van der Waals surface area (Å²) in [4.78, 5) is 23.7. The summed E-state index contributed by atoms with van der Waals surface area (Å²) < 4.78 is 0. The molecule has 0 radical (unpaired) electrons. The predicted molar refractivity (Wildman–Crippen MR) is 92.2 cm³/mol. The lowest BCUT2D eigenvalue weighted by atomic mass is 10.1. The van der Waals surface area contributed by atoms with Crippen LogP contribution in [0.15, 0.2) is 54.6 Å². The van der Waals surface area contributed by atoms with E-state index in [4.69, 9.17) is 0 Å². The average Bonchev–Trinajstić information content (AvgIpc) is 2.64. The maximum absolute atomic E-state index is 11.8. The molecule has 2 aromatic carbocycles. The van der Waals surface area contributed by atoms with E-state index in [-0.39, 0.29) is 18.4 Å². The highest BCUT2D eigenvalue weighted by Crippen LogP contribution is 2.08. The van der Waals surface area contributed by atoms with Crippen LogP contribution in [0, 0.1) is 0 Å². The largest absolute Gasteiger partial charge is 0.392 e. The highest BCUT2D eigenvalue weighted by Gasteiger charge is 2.06. The molecule has 2 aromatic rings. The van der Waals surface area contributed by atoms with E-state index in [0.717, 1.165) is 11.1 Å². The predicted octanol–water partition coefficient (Wildman–Crippen LogP) is 2.01. The van der Waals surface area contributed by atoms with Crippen LogP contribution in [0.2, 0.25) is 0 Å². The number of rotatable bonds is 8. The van der Waals surface area contributed by atoms with E-state index in [1.807, 2.05) is 42.5 Å². The molecule has 0 saturated heterocycles. The summed E-state index contributed by atoms with van der Waals surface area (Å²) in [5.41, 5.74) is 2.33. The van der Waals surface area contributed by atoms with Gasteiger partial charge in [0.25, 0.3) is 5.91 Å². The molecule has 0 unspecified atom stereocenters. The Morgan fingerprint density at radius 2 is 1.54 bits per heavy atom. The first-order valence-corrected chi connectivity index (χ1v) is 7.98. The fourth-order valence-electron chi connectivity index (χ4n) is 2.31. The zero-order valence-electron chi connectivity index (χ0n) is 13.5. The lowest BCUT2D eigenvalue weighted by molar-refractivity contribution is -0.121. The topological polar surface area (TPSA) is 78.4 Å². The van der Waals surface area contributed by atoms with Gasteiger partial charge >= 0.3 is 0 Å². The molecule has 0 aliphatic heterocycles. The van der Waals surface area contributed by atoms with Gasteiger partial charge in [0.05, 0.1) is 6.61 Å². The molecule has 0 atom stereocenters. The minimum atomic E-state index is -0.132. The van der Waals surface area contributed by atoms with Crippen molar-refractivity contribution in [3.05, 3.63) is 71.3 Å². The van der Waals surface area contributed by atoms with E-state index in [0.29, 0.717) is 31.5 Å². The van der Waals surface area contributed by atoms with Crippen LogP contribution in [0.3, 0.4) is 0 Å². The third kappa shape index (κ3) is 5.52. The van der Waals surface area contributed by atoms with Crippen LogP contribution in [-0.4, -0.2) is 23.5 Å². The van der Waals surface area contributed by atoms with Gasteiger partial charge in [-0.3, -0.25) is 9.59 Å². The van der Waals surface area contributed by atoms with Crippen LogP contribution in [0.4, 0.5) is 0 Å². The second-order valence-corrected chi connectivity index (χ2v) is 5.43. The first-order valence-electron chi connectivity index (χ1n) is 7.98. The third-order valence-electron chi connectivity index (χ3n) is 3.67. The fourth-order valence-corrected chi connectivity index (χ4v) is 2.31. The van der Waals surface area contributed by atoms with Crippen molar-refractivity contribution < 1.29 is 14.7 Å². The van der Waals surface area contributed by atoms with E-state index in [9.17, 15) is 14.7 Å². The third-order valence-corrected chi connectivity index (χ3v) is 3.67. The molecule has 2 amide bonds. The second-order valence-electron chi connectivity index (χ2n) is 5.43. The maximum atomic E-state index is 11.8. The van der Waals surface area contributed by atoms with E-state index in [1.165, 1.54) is 0 Å². The molecule has 0 fully saturated rings. The molecule has 5 heteroatoms. The fraction of sp³-hybridized carbons (Fsp3) is 0.263. The Bertz CT molecular complexity index is 671. The van der Waals surface area contributed by atoms with Gasteiger partial charge in [-0.25, -0.2) is 0 Å². The Morgan fingerprint density at radius 1 is 0.875 bits per heavy atom. The van der Waals surface area contributed by atoms with Gasteiger partial charge in [0.1, 0.15) is 0 Å². The van der Waals surface area contributed by atoms with Crippen molar-refractivity contribution in [2.24, 2.45) is 0 Å². The van der Waals surface area contributed by atoms with E-state index >= 15 is 0 Å². The summed E-state index contributed by atoms with van der Waals surface area (Å²) >= 11 is 0. The first-order chi connectivity index (χ1) is 11.7. The molecule has 0 saturated carbocycles. The lowest BCUT2D eigenvalue weighted by Gasteiger charge is -2.09. The standard InChI is InChI=1S/C19H22N2O3/c22-14-17-10-5-4-9-16(17)13-21-18(23)11-6-12-20-19(24)15-7-2-1-3-8-15/h1-5,7-10,22H,6,11-14H2,(H,20,24)(H,21,23). The Hall–Kier alpha value is -2.66. The molecule has 126 valence electrons. The number of hydrogen-bond acceptors (Lipinski definition) is 3. The van der Waals surface area contributed by atoms with Crippen LogP contribution in [-0.2, 0) is 17.9 Å². The summed E-state index contributed by atoms with van der Waals surface area (Å²) in [5.74, 6) is -0.204. The molecule has 0 aliphatic carbocycles. The van der Waals surface area contributed by atoms with E-state index in [1.54, 1.807) is 12.1 Å². The van der Waals surface area contributed by atoms with Gasteiger partial charge < -0.3 is 15.7 Å². The van der Waals surface area contributed by atoms with Crippen LogP contribution >= 0.6 is 0 Å². The number of nitrogens with one attached hydrogen (secondary N) is 2. The SMILES string of the molecule is O=C(CCCNC(=O)c1ccccc1)NCc1ccccc1CO. The molecule has 0 heterocycles. The molecule has 0 spiro atoms. The molecular formula is C19H22N2O3. The van der Waals surface area contributed by atoms with Crippen molar-refractivity contribution in [2.75, 3.05) is 6.54 Å². The zero-order chi connectivity index (χ0) is 17.2. The summed E-state index contributed by atoms with van der Waals surface area (Å²) in [5, 5.41) is 14.9. The van der Waals surface area contributed by atoms with Crippen molar-refractivity contribution in [3.63, 3.8) is 0 Å². The van der Waals surface area contributed by atoms with E-state index in [2.05, 4.69) is 10.6 Å². The van der Waals surface area contributed by atoms with Gasteiger partial charge in [-0.2, -0.15) is 0 Å². The molecule has 0 aromatic heterocycles. The van der Waals surface area contributed by atoms with Crippen LogP contribution in [0.1, 0.15) is 34.3 Å². The molecule has 2 rings (SSSR count). The van der Waals surface area contributed by atoms with Crippen LogP contribution < -0.4 is 10.6 Å². The number of amides is 2. The minimum absolute atomic E-state index is 0.0441. The molecule has 5 nitrogen and oxygen atoms in total. The van der Waals surface area contributed by atoms with Gasteiger partial charge in [-0.05, 0) is 29.7 Å². The van der Waals surface area contributed by atoms with E-state index < -0.39 is 0 Å². The number of carbonyl (C=O) groups excluding carboxylic acids is 2. The maximum Gasteiger partial charge on any atom is 0.251 e. The molecule has 3 N–H and O–H groups in total. The number of benzene rings is 2. The van der Waals surface area contributed by atoms with Crippen molar-refractivity contribution in [3.8, 4) is 0 Å².